The molecule has 0 saturated heterocycles. The number of imidazole rings is 1. The largest absolute Gasteiger partial charge is 0.508 e. The molecule has 2 aromatic heterocycles. The van der Waals surface area contributed by atoms with Crippen LogP contribution < -0.4 is 4.90 Å². The van der Waals surface area contributed by atoms with E-state index in [1.165, 1.54) is 0 Å². The lowest BCUT2D eigenvalue weighted by atomic mass is 10.2. The van der Waals surface area contributed by atoms with Crippen LogP contribution in [0.15, 0.2) is 48.7 Å². The van der Waals surface area contributed by atoms with Gasteiger partial charge in [0.1, 0.15) is 17.1 Å². The lowest BCUT2D eigenvalue weighted by Crippen LogP contribution is -2.28. The molecule has 106 valence electrons. The zero-order chi connectivity index (χ0) is 15.0. The van der Waals surface area contributed by atoms with Gasteiger partial charge in [-0.3, -0.25) is 9.20 Å². The smallest absolute Gasteiger partial charge is 0.276 e. The van der Waals surface area contributed by atoms with Crippen LogP contribution in [-0.4, -0.2) is 27.4 Å². The summed E-state index contributed by atoms with van der Waals surface area (Å²) in [6, 6.07) is 12.1. The summed E-state index contributed by atoms with van der Waals surface area (Å²) in [4.78, 5) is 18.7. The summed E-state index contributed by atoms with van der Waals surface area (Å²) >= 11 is 0. The second-order valence-corrected chi connectivity index (χ2v) is 4.86. The highest BCUT2D eigenvalue weighted by Crippen LogP contribution is 2.21. The third kappa shape index (κ3) is 2.23. The van der Waals surface area contributed by atoms with Crippen molar-refractivity contribution in [1.82, 2.24) is 9.38 Å². The number of benzene rings is 1. The highest BCUT2D eigenvalue weighted by Gasteiger charge is 2.20. The van der Waals surface area contributed by atoms with Crippen molar-refractivity contribution in [3.63, 3.8) is 0 Å². The molecule has 0 saturated carbocycles. The van der Waals surface area contributed by atoms with Gasteiger partial charge in [0.2, 0.25) is 0 Å². The molecule has 0 aliphatic carbocycles. The maximum atomic E-state index is 12.7. The molecule has 21 heavy (non-hydrogen) atoms. The fourth-order valence-corrected chi connectivity index (χ4v) is 2.32. The number of aromatic hydroxyl groups is 1. The maximum absolute atomic E-state index is 12.7. The minimum Gasteiger partial charge on any atom is -0.508 e. The first-order valence-electron chi connectivity index (χ1n) is 6.58. The third-order valence-corrected chi connectivity index (χ3v) is 3.45. The summed E-state index contributed by atoms with van der Waals surface area (Å²) in [5, 5.41) is 9.33. The first-order valence-corrected chi connectivity index (χ1v) is 6.58. The van der Waals surface area contributed by atoms with E-state index in [9.17, 15) is 9.90 Å². The quantitative estimate of drug-likeness (QED) is 0.785. The number of hydrogen-bond donors (Lipinski definition) is 1. The van der Waals surface area contributed by atoms with Crippen molar-refractivity contribution in [2.24, 2.45) is 0 Å². The number of hydrogen-bond acceptors (Lipinski definition) is 3. The van der Waals surface area contributed by atoms with E-state index in [4.69, 9.17) is 0 Å². The van der Waals surface area contributed by atoms with Crippen LogP contribution in [0.2, 0.25) is 0 Å². The highest BCUT2D eigenvalue weighted by atomic mass is 16.3. The van der Waals surface area contributed by atoms with E-state index < -0.39 is 0 Å². The van der Waals surface area contributed by atoms with Crippen LogP contribution in [0.3, 0.4) is 0 Å². The molecule has 0 aliphatic rings. The van der Waals surface area contributed by atoms with E-state index in [1.807, 2.05) is 31.3 Å². The molecule has 5 nitrogen and oxygen atoms in total. The van der Waals surface area contributed by atoms with Crippen LogP contribution in [0, 0.1) is 6.92 Å². The zero-order valence-corrected chi connectivity index (χ0v) is 11.8. The number of amides is 1. The number of pyridine rings is 1. The average Bonchev–Trinajstić information content (AvgIpc) is 2.82. The molecule has 1 aromatic carbocycles. The van der Waals surface area contributed by atoms with Crippen molar-refractivity contribution in [3.8, 4) is 5.75 Å². The normalized spacial score (nSPS) is 10.8. The number of carbonyl (C=O) groups is 1. The van der Waals surface area contributed by atoms with Crippen LogP contribution in [0.25, 0.3) is 5.65 Å². The van der Waals surface area contributed by atoms with Gasteiger partial charge in [-0.15, -0.1) is 0 Å². The van der Waals surface area contributed by atoms with Crippen molar-refractivity contribution in [2.45, 2.75) is 6.92 Å². The van der Waals surface area contributed by atoms with Crippen molar-refractivity contribution in [3.05, 3.63) is 60.0 Å². The molecule has 0 unspecified atom stereocenters. The molecule has 0 atom stereocenters. The zero-order valence-electron chi connectivity index (χ0n) is 11.8. The fourth-order valence-electron chi connectivity index (χ4n) is 2.32. The second kappa shape index (κ2) is 4.94. The van der Waals surface area contributed by atoms with Gasteiger partial charge in [-0.25, -0.2) is 4.98 Å². The van der Waals surface area contributed by atoms with Crippen LogP contribution in [-0.2, 0) is 0 Å². The molecule has 2 heterocycles. The van der Waals surface area contributed by atoms with Gasteiger partial charge in [0.05, 0.1) is 5.69 Å². The van der Waals surface area contributed by atoms with Gasteiger partial charge < -0.3 is 10.0 Å². The van der Waals surface area contributed by atoms with E-state index in [2.05, 4.69) is 4.98 Å². The number of rotatable bonds is 2. The maximum Gasteiger partial charge on any atom is 0.276 e. The Balaban J connectivity index is 2.04. The summed E-state index contributed by atoms with van der Waals surface area (Å²) in [5.74, 6) is 0.0301. The van der Waals surface area contributed by atoms with E-state index >= 15 is 0 Å². The predicted octanol–water partition coefficient (Wildman–Crippen LogP) is 2.62. The molecule has 0 radical (unpaired) electrons. The van der Waals surface area contributed by atoms with Crippen LogP contribution in [0.4, 0.5) is 5.69 Å². The van der Waals surface area contributed by atoms with E-state index in [0.29, 0.717) is 17.1 Å². The monoisotopic (exact) mass is 281 g/mol. The Hall–Kier alpha value is -2.82. The number of phenols is 1. The summed E-state index contributed by atoms with van der Waals surface area (Å²) in [6.07, 6.45) is 1.83. The number of phenolic OH excluding ortho intramolecular Hbond substituents is 1. The van der Waals surface area contributed by atoms with Gasteiger partial charge in [0, 0.05) is 18.9 Å². The minimum atomic E-state index is -0.142. The molecule has 5 heteroatoms. The molecular weight excluding hydrogens is 266 g/mol. The molecule has 1 N–H and O–H groups in total. The van der Waals surface area contributed by atoms with E-state index in [1.54, 1.807) is 40.6 Å². The fraction of sp³-hybridized carbons (Fsp3) is 0.125. The first-order chi connectivity index (χ1) is 10.1. The molecule has 0 spiro atoms. The Morgan fingerprint density at radius 2 is 1.90 bits per heavy atom. The number of fused-ring (bicyclic) bond motifs is 1. The summed E-state index contributed by atoms with van der Waals surface area (Å²) in [6.45, 7) is 1.82. The predicted molar refractivity (Wildman–Crippen MR) is 80.8 cm³/mol. The van der Waals surface area contributed by atoms with Gasteiger partial charge in [0.25, 0.3) is 5.91 Å². The average molecular weight is 281 g/mol. The van der Waals surface area contributed by atoms with Gasteiger partial charge in [-0.1, -0.05) is 6.07 Å². The van der Waals surface area contributed by atoms with Gasteiger partial charge in [0.15, 0.2) is 0 Å². The van der Waals surface area contributed by atoms with Crippen LogP contribution in [0.1, 0.15) is 16.2 Å². The molecule has 0 fully saturated rings. The summed E-state index contributed by atoms with van der Waals surface area (Å²) in [7, 11) is 1.70. The number of anilines is 1. The van der Waals surface area contributed by atoms with Gasteiger partial charge >= 0.3 is 0 Å². The van der Waals surface area contributed by atoms with Crippen molar-refractivity contribution in [1.29, 1.82) is 0 Å². The van der Waals surface area contributed by atoms with Gasteiger partial charge in [-0.05, 0) is 43.3 Å². The number of aromatic nitrogens is 2. The molecule has 3 rings (SSSR count). The Labute approximate surface area is 122 Å². The SMILES string of the molecule is Cc1nc2ccccn2c1C(=O)N(C)c1ccc(O)cc1. The van der Waals surface area contributed by atoms with E-state index in [-0.39, 0.29) is 11.7 Å². The lowest BCUT2D eigenvalue weighted by Gasteiger charge is -2.17. The lowest BCUT2D eigenvalue weighted by molar-refractivity contribution is 0.0986. The Morgan fingerprint density at radius 1 is 1.19 bits per heavy atom. The van der Waals surface area contributed by atoms with Gasteiger partial charge in [-0.2, -0.15) is 0 Å². The standard InChI is InChI=1S/C16H15N3O2/c1-11-15(19-10-4-3-5-14(19)17-11)16(21)18(2)12-6-8-13(20)9-7-12/h3-10,20H,1-2H3. The minimum absolute atomic E-state index is 0.142. The summed E-state index contributed by atoms with van der Waals surface area (Å²) < 4.78 is 1.79. The second-order valence-electron chi connectivity index (χ2n) is 4.86. The molecule has 3 aromatic rings. The van der Waals surface area contributed by atoms with Crippen molar-refractivity contribution < 1.29 is 9.90 Å². The Bertz CT molecular complexity index is 806. The first kappa shape index (κ1) is 13.2. The topological polar surface area (TPSA) is 57.8 Å². The highest BCUT2D eigenvalue weighted by molar-refractivity contribution is 6.05. The molecular formula is C16H15N3O2. The summed E-state index contributed by atoms with van der Waals surface area (Å²) in [5.41, 5.74) is 2.69. The number of aryl methyl sites for hydroxylation is 1. The molecule has 0 aliphatic heterocycles. The van der Waals surface area contributed by atoms with Crippen molar-refractivity contribution in [2.75, 3.05) is 11.9 Å². The Morgan fingerprint density at radius 3 is 2.62 bits per heavy atom. The van der Waals surface area contributed by atoms with Crippen LogP contribution in [0.5, 0.6) is 5.75 Å². The Kier molecular flexibility index (Phi) is 3.10. The third-order valence-electron chi connectivity index (χ3n) is 3.45. The number of nitrogens with zero attached hydrogens (tertiary/aromatic N) is 3. The molecule has 0 bridgehead atoms. The molecule has 1 amide bonds. The van der Waals surface area contributed by atoms with Crippen LogP contribution >= 0.6 is 0 Å². The van der Waals surface area contributed by atoms with E-state index in [0.717, 1.165) is 5.65 Å². The number of carbonyl (C=O) groups excluding carboxylic acids is 1. The van der Waals surface area contributed by atoms with Crippen molar-refractivity contribution >= 4 is 17.2 Å².